The zero-order valence-corrected chi connectivity index (χ0v) is 10.9. The summed E-state index contributed by atoms with van der Waals surface area (Å²) >= 11 is 0. The van der Waals surface area contributed by atoms with Crippen LogP contribution in [0.1, 0.15) is 27.0 Å². The van der Waals surface area contributed by atoms with Gasteiger partial charge in [-0.1, -0.05) is 29.8 Å². The van der Waals surface area contributed by atoms with Gasteiger partial charge in [-0.05, 0) is 30.7 Å². The van der Waals surface area contributed by atoms with E-state index in [1.165, 1.54) is 6.07 Å². The molecule has 0 saturated carbocycles. The quantitative estimate of drug-likeness (QED) is 0.784. The third-order valence-corrected chi connectivity index (χ3v) is 2.87. The van der Waals surface area contributed by atoms with E-state index < -0.39 is 5.82 Å². The number of hydrogen-bond donors (Lipinski definition) is 0. The van der Waals surface area contributed by atoms with Crippen LogP contribution >= 0.6 is 0 Å². The number of carbonyl (C=O) groups excluding carboxylic acids is 1. The maximum atomic E-state index is 13.7. The first-order valence-corrected chi connectivity index (χ1v) is 6.00. The van der Waals surface area contributed by atoms with E-state index >= 15 is 0 Å². The van der Waals surface area contributed by atoms with Crippen LogP contribution in [0.2, 0.25) is 0 Å². The van der Waals surface area contributed by atoms with Gasteiger partial charge in [0.15, 0.2) is 5.78 Å². The van der Waals surface area contributed by atoms with Crippen molar-refractivity contribution in [1.29, 1.82) is 0 Å². The van der Waals surface area contributed by atoms with Crippen LogP contribution in [0.4, 0.5) is 4.39 Å². The van der Waals surface area contributed by atoms with Crippen LogP contribution in [0.3, 0.4) is 0 Å². The van der Waals surface area contributed by atoms with Crippen LogP contribution in [0.5, 0.6) is 0 Å². The van der Waals surface area contributed by atoms with E-state index in [0.29, 0.717) is 12.2 Å². The van der Waals surface area contributed by atoms with Gasteiger partial charge in [0.2, 0.25) is 0 Å². The Labute approximate surface area is 111 Å². The normalized spacial score (nSPS) is 10.5. The summed E-state index contributed by atoms with van der Waals surface area (Å²) in [5.74, 6) is -0.799. The Balaban J connectivity index is 2.38. The van der Waals surface area contributed by atoms with Crippen LogP contribution in [0, 0.1) is 12.7 Å². The molecule has 0 heterocycles. The molecule has 0 spiro atoms. The number of carbonyl (C=O) groups is 1. The molecule has 0 aliphatic carbocycles. The molecule has 0 amide bonds. The first-order chi connectivity index (χ1) is 9.11. The molecule has 19 heavy (non-hydrogen) atoms. The highest BCUT2D eigenvalue weighted by Crippen LogP contribution is 2.16. The Hall–Kier alpha value is -2.00. The molecule has 2 aromatic rings. The van der Waals surface area contributed by atoms with Crippen LogP contribution in [0.25, 0.3) is 0 Å². The topological polar surface area (TPSA) is 26.3 Å². The number of rotatable bonds is 4. The van der Waals surface area contributed by atoms with Crippen molar-refractivity contribution in [3.8, 4) is 0 Å². The van der Waals surface area contributed by atoms with Crippen LogP contribution in [-0.4, -0.2) is 12.9 Å². The number of hydrogen-bond acceptors (Lipinski definition) is 2. The van der Waals surface area contributed by atoms with Crippen molar-refractivity contribution >= 4 is 5.78 Å². The summed E-state index contributed by atoms with van der Waals surface area (Å²) in [6.45, 7) is 2.26. The van der Waals surface area contributed by atoms with Crippen LogP contribution < -0.4 is 0 Å². The zero-order chi connectivity index (χ0) is 13.8. The molecular weight excluding hydrogens is 243 g/mol. The number of ketones is 1. The van der Waals surface area contributed by atoms with E-state index in [2.05, 4.69) is 0 Å². The number of aryl methyl sites for hydroxylation is 1. The molecule has 0 bridgehead atoms. The molecule has 0 N–H and O–H groups in total. The fourth-order valence-corrected chi connectivity index (χ4v) is 1.94. The summed E-state index contributed by atoms with van der Waals surface area (Å²) in [5.41, 5.74) is 2.33. The number of benzene rings is 2. The van der Waals surface area contributed by atoms with Crippen molar-refractivity contribution < 1.29 is 13.9 Å². The van der Waals surface area contributed by atoms with Crippen molar-refractivity contribution in [3.63, 3.8) is 0 Å². The lowest BCUT2D eigenvalue weighted by molar-refractivity contribution is 0.103. The van der Waals surface area contributed by atoms with Crippen LogP contribution in [0.15, 0.2) is 42.5 Å². The van der Waals surface area contributed by atoms with Crippen molar-refractivity contribution in [2.75, 3.05) is 7.11 Å². The standard InChI is InChI=1S/C16H15FO2/c1-11-6-7-15(17)14(8-11)16(18)13-5-3-4-12(9-13)10-19-2/h3-9H,10H2,1-2H3. The highest BCUT2D eigenvalue weighted by Gasteiger charge is 2.14. The van der Waals surface area contributed by atoms with Gasteiger partial charge in [0.1, 0.15) is 5.82 Å². The second-order valence-corrected chi connectivity index (χ2v) is 4.45. The lowest BCUT2D eigenvalue weighted by Gasteiger charge is -2.06. The largest absolute Gasteiger partial charge is 0.380 e. The zero-order valence-electron chi connectivity index (χ0n) is 10.9. The highest BCUT2D eigenvalue weighted by atomic mass is 19.1. The van der Waals surface area contributed by atoms with Gasteiger partial charge in [-0.3, -0.25) is 4.79 Å². The van der Waals surface area contributed by atoms with E-state index in [4.69, 9.17) is 4.74 Å². The average Bonchev–Trinajstić information content (AvgIpc) is 2.41. The maximum absolute atomic E-state index is 13.7. The summed E-state index contributed by atoms with van der Waals surface area (Å²) in [6.07, 6.45) is 0. The van der Waals surface area contributed by atoms with Crippen molar-refractivity contribution in [2.24, 2.45) is 0 Å². The lowest BCUT2D eigenvalue weighted by Crippen LogP contribution is -2.05. The third-order valence-electron chi connectivity index (χ3n) is 2.87. The minimum absolute atomic E-state index is 0.106. The molecule has 0 aliphatic heterocycles. The Kier molecular flexibility index (Phi) is 4.07. The van der Waals surface area contributed by atoms with E-state index in [1.54, 1.807) is 37.4 Å². The molecule has 0 aliphatic rings. The number of methoxy groups -OCH3 is 1. The minimum atomic E-state index is -0.493. The molecule has 3 heteroatoms. The predicted octanol–water partition coefficient (Wildman–Crippen LogP) is 3.51. The summed E-state index contributed by atoms with van der Waals surface area (Å²) in [6, 6.07) is 11.6. The smallest absolute Gasteiger partial charge is 0.195 e. The van der Waals surface area contributed by atoms with Gasteiger partial charge in [-0.15, -0.1) is 0 Å². The maximum Gasteiger partial charge on any atom is 0.195 e. The van der Waals surface area contributed by atoms with Gasteiger partial charge in [0.25, 0.3) is 0 Å². The number of ether oxygens (including phenoxy) is 1. The molecule has 0 atom stereocenters. The predicted molar refractivity (Wildman–Crippen MR) is 71.7 cm³/mol. The second kappa shape index (κ2) is 5.76. The second-order valence-electron chi connectivity index (χ2n) is 4.45. The van der Waals surface area contributed by atoms with E-state index in [0.717, 1.165) is 11.1 Å². The van der Waals surface area contributed by atoms with Crippen LogP contribution in [-0.2, 0) is 11.3 Å². The van der Waals surface area contributed by atoms with Crippen molar-refractivity contribution in [1.82, 2.24) is 0 Å². The van der Waals surface area contributed by atoms with Gasteiger partial charge in [-0.2, -0.15) is 0 Å². The van der Waals surface area contributed by atoms with Gasteiger partial charge >= 0.3 is 0 Å². The minimum Gasteiger partial charge on any atom is -0.380 e. The number of halogens is 1. The van der Waals surface area contributed by atoms with Crippen molar-refractivity contribution in [2.45, 2.75) is 13.5 Å². The summed E-state index contributed by atoms with van der Waals surface area (Å²) < 4.78 is 18.7. The lowest BCUT2D eigenvalue weighted by atomic mass is 9.99. The van der Waals surface area contributed by atoms with Crippen molar-refractivity contribution in [3.05, 3.63) is 70.5 Å². The molecule has 0 saturated heterocycles. The molecule has 98 valence electrons. The fraction of sp³-hybridized carbons (Fsp3) is 0.188. The molecule has 2 rings (SSSR count). The van der Waals surface area contributed by atoms with Gasteiger partial charge in [0.05, 0.1) is 12.2 Å². The molecule has 0 unspecified atom stereocenters. The summed E-state index contributed by atoms with van der Waals surface area (Å²) in [4.78, 5) is 12.3. The van der Waals surface area contributed by atoms with E-state index in [9.17, 15) is 9.18 Å². The molecular formula is C16H15FO2. The molecule has 2 nitrogen and oxygen atoms in total. The van der Waals surface area contributed by atoms with E-state index in [-0.39, 0.29) is 11.3 Å². The van der Waals surface area contributed by atoms with Gasteiger partial charge in [0, 0.05) is 12.7 Å². The molecule has 2 aromatic carbocycles. The third kappa shape index (κ3) is 3.06. The molecule has 0 fully saturated rings. The average molecular weight is 258 g/mol. The Morgan fingerprint density at radius 1 is 1.21 bits per heavy atom. The van der Waals surface area contributed by atoms with E-state index in [1.807, 2.05) is 13.0 Å². The van der Waals surface area contributed by atoms with Gasteiger partial charge < -0.3 is 4.74 Å². The summed E-state index contributed by atoms with van der Waals surface area (Å²) in [7, 11) is 1.59. The molecule has 0 radical (unpaired) electrons. The summed E-state index contributed by atoms with van der Waals surface area (Å²) in [5, 5.41) is 0. The monoisotopic (exact) mass is 258 g/mol. The fourth-order valence-electron chi connectivity index (χ4n) is 1.94. The highest BCUT2D eigenvalue weighted by molar-refractivity contribution is 6.09. The van der Waals surface area contributed by atoms with Gasteiger partial charge in [-0.25, -0.2) is 4.39 Å². The molecule has 0 aromatic heterocycles. The Morgan fingerprint density at radius 3 is 2.74 bits per heavy atom. The SMILES string of the molecule is COCc1cccc(C(=O)c2cc(C)ccc2F)c1. The Morgan fingerprint density at radius 2 is 2.00 bits per heavy atom. The Bertz CT molecular complexity index is 605. The first kappa shape index (κ1) is 13.4. The first-order valence-electron chi connectivity index (χ1n) is 6.00.